The molecule has 0 bridgehead atoms. The fourth-order valence-corrected chi connectivity index (χ4v) is 1.81. The van der Waals surface area contributed by atoms with Crippen LogP contribution in [0.4, 0.5) is 0 Å². The van der Waals surface area contributed by atoms with E-state index < -0.39 is 0 Å². The van der Waals surface area contributed by atoms with E-state index in [9.17, 15) is 0 Å². The van der Waals surface area contributed by atoms with Gasteiger partial charge in [-0.2, -0.15) is 0 Å². The van der Waals surface area contributed by atoms with Gasteiger partial charge in [0.2, 0.25) is 0 Å². The van der Waals surface area contributed by atoms with Gasteiger partial charge in [-0.15, -0.1) is 0 Å². The number of ether oxygens (including phenoxy) is 2. The average Bonchev–Trinajstić information content (AvgIpc) is 3.20. The van der Waals surface area contributed by atoms with Gasteiger partial charge >= 0.3 is 0 Å². The van der Waals surface area contributed by atoms with Crippen LogP contribution in [0.5, 0.6) is 11.5 Å². The lowest BCUT2D eigenvalue weighted by Crippen LogP contribution is -2.17. The quantitative estimate of drug-likeness (QED) is 0.682. The highest BCUT2D eigenvalue weighted by atomic mass is 16.5. The highest BCUT2D eigenvalue weighted by molar-refractivity contribution is 5.31. The standard InChI is InChI=1S/C15H23NO2/c1-2-17-14-7-9-15(10-8-14)18-12-4-3-11-16-13-5-6-13/h7-10,13,16H,2-6,11-12H2,1H3. The Hall–Kier alpha value is -1.22. The second kappa shape index (κ2) is 7.27. The maximum absolute atomic E-state index is 5.68. The zero-order valence-electron chi connectivity index (χ0n) is 11.2. The van der Waals surface area contributed by atoms with E-state index in [-0.39, 0.29) is 0 Å². The first kappa shape index (κ1) is 13.2. The van der Waals surface area contributed by atoms with Gasteiger partial charge in [0, 0.05) is 6.04 Å². The number of hydrogen-bond acceptors (Lipinski definition) is 3. The van der Waals surface area contributed by atoms with Crippen molar-refractivity contribution in [1.82, 2.24) is 5.32 Å². The molecule has 18 heavy (non-hydrogen) atoms. The van der Waals surface area contributed by atoms with Crippen LogP contribution in [0.15, 0.2) is 24.3 Å². The molecule has 0 heterocycles. The molecule has 1 aromatic rings. The fourth-order valence-electron chi connectivity index (χ4n) is 1.81. The van der Waals surface area contributed by atoms with Crippen LogP contribution < -0.4 is 14.8 Å². The van der Waals surface area contributed by atoms with E-state index in [4.69, 9.17) is 9.47 Å². The van der Waals surface area contributed by atoms with E-state index in [0.717, 1.165) is 37.1 Å². The summed E-state index contributed by atoms with van der Waals surface area (Å²) < 4.78 is 11.1. The number of hydrogen-bond donors (Lipinski definition) is 1. The van der Waals surface area contributed by atoms with Gasteiger partial charge in [0.05, 0.1) is 13.2 Å². The summed E-state index contributed by atoms with van der Waals surface area (Å²) >= 11 is 0. The highest BCUT2D eigenvalue weighted by Crippen LogP contribution is 2.19. The van der Waals surface area contributed by atoms with Gasteiger partial charge in [0.25, 0.3) is 0 Å². The summed E-state index contributed by atoms with van der Waals surface area (Å²) in [6.07, 6.45) is 5.02. The second-order valence-electron chi connectivity index (χ2n) is 4.69. The molecule has 3 heteroatoms. The Morgan fingerprint density at radius 2 is 1.72 bits per heavy atom. The minimum Gasteiger partial charge on any atom is -0.494 e. The van der Waals surface area contributed by atoms with Gasteiger partial charge in [-0.1, -0.05) is 0 Å². The van der Waals surface area contributed by atoms with Crippen LogP contribution >= 0.6 is 0 Å². The molecule has 0 spiro atoms. The van der Waals surface area contributed by atoms with Crippen LogP contribution in [-0.4, -0.2) is 25.8 Å². The van der Waals surface area contributed by atoms with E-state index in [0.29, 0.717) is 6.61 Å². The summed E-state index contributed by atoms with van der Waals surface area (Å²) in [5.41, 5.74) is 0. The van der Waals surface area contributed by atoms with Crippen molar-refractivity contribution in [2.45, 2.75) is 38.6 Å². The minimum atomic E-state index is 0.703. The highest BCUT2D eigenvalue weighted by Gasteiger charge is 2.19. The van der Waals surface area contributed by atoms with Gasteiger partial charge < -0.3 is 14.8 Å². The molecule has 0 aromatic heterocycles. The average molecular weight is 249 g/mol. The van der Waals surface area contributed by atoms with E-state index in [2.05, 4.69) is 5.32 Å². The monoisotopic (exact) mass is 249 g/mol. The minimum absolute atomic E-state index is 0.703. The lowest BCUT2D eigenvalue weighted by molar-refractivity contribution is 0.303. The van der Waals surface area contributed by atoms with Crippen molar-refractivity contribution in [2.24, 2.45) is 0 Å². The van der Waals surface area contributed by atoms with Crippen LogP contribution in [0.3, 0.4) is 0 Å². The van der Waals surface area contributed by atoms with Gasteiger partial charge in [-0.3, -0.25) is 0 Å². The number of nitrogens with one attached hydrogen (secondary N) is 1. The van der Waals surface area contributed by atoms with Crippen molar-refractivity contribution in [1.29, 1.82) is 0 Å². The maximum atomic E-state index is 5.68. The lowest BCUT2D eigenvalue weighted by atomic mass is 10.3. The summed E-state index contributed by atoms with van der Waals surface area (Å²) in [6.45, 7) is 4.60. The lowest BCUT2D eigenvalue weighted by Gasteiger charge is -2.08. The molecule has 1 N–H and O–H groups in total. The molecule has 1 saturated carbocycles. The molecule has 100 valence electrons. The third-order valence-corrected chi connectivity index (χ3v) is 2.98. The molecular weight excluding hydrogens is 226 g/mol. The van der Waals surface area contributed by atoms with E-state index in [1.165, 1.54) is 19.3 Å². The zero-order chi connectivity index (χ0) is 12.6. The maximum Gasteiger partial charge on any atom is 0.119 e. The summed E-state index contributed by atoms with van der Waals surface area (Å²) in [4.78, 5) is 0. The van der Waals surface area contributed by atoms with E-state index in [1.54, 1.807) is 0 Å². The molecule has 0 amide bonds. The molecule has 0 saturated heterocycles. The molecular formula is C15H23NO2. The Labute approximate surface area is 109 Å². The van der Waals surface area contributed by atoms with E-state index >= 15 is 0 Å². The van der Waals surface area contributed by atoms with Gasteiger partial charge in [-0.05, 0) is 63.4 Å². The predicted molar refractivity (Wildman–Crippen MR) is 73.4 cm³/mol. The molecule has 1 aromatic carbocycles. The first-order valence-corrected chi connectivity index (χ1v) is 6.97. The molecule has 0 aliphatic heterocycles. The predicted octanol–water partition coefficient (Wildman–Crippen LogP) is 3.00. The Kier molecular flexibility index (Phi) is 5.34. The Bertz CT molecular complexity index is 333. The number of benzene rings is 1. The van der Waals surface area contributed by atoms with Gasteiger partial charge in [0.15, 0.2) is 0 Å². The molecule has 1 aliphatic carbocycles. The van der Waals surface area contributed by atoms with Crippen molar-refractivity contribution in [3.63, 3.8) is 0 Å². The molecule has 0 unspecified atom stereocenters. The molecule has 2 rings (SSSR count). The first-order chi connectivity index (χ1) is 8.88. The van der Waals surface area contributed by atoms with Crippen molar-refractivity contribution >= 4 is 0 Å². The van der Waals surface area contributed by atoms with Crippen LogP contribution in [0, 0.1) is 0 Å². The second-order valence-corrected chi connectivity index (χ2v) is 4.69. The van der Waals surface area contributed by atoms with Gasteiger partial charge in [0.1, 0.15) is 11.5 Å². The Morgan fingerprint density at radius 1 is 1.06 bits per heavy atom. The van der Waals surface area contributed by atoms with Gasteiger partial charge in [-0.25, -0.2) is 0 Å². The summed E-state index contributed by atoms with van der Waals surface area (Å²) in [5.74, 6) is 1.83. The van der Waals surface area contributed by atoms with Crippen LogP contribution in [0.2, 0.25) is 0 Å². The fraction of sp³-hybridized carbons (Fsp3) is 0.600. The summed E-state index contributed by atoms with van der Waals surface area (Å²) in [6, 6.07) is 8.65. The molecule has 0 radical (unpaired) electrons. The Morgan fingerprint density at radius 3 is 2.33 bits per heavy atom. The third kappa shape index (κ3) is 4.96. The normalized spacial score (nSPS) is 14.5. The van der Waals surface area contributed by atoms with Crippen LogP contribution in [0.25, 0.3) is 0 Å². The zero-order valence-corrected chi connectivity index (χ0v) is 11.2. The van der Waals surface area contributed by atoms with Crippen LogP contribution in [0.1, 0.15) is 32.6 Å². The van der Waals surface area contributed by atoms with E-state index in [1.807, 2.05) is 31.2 Å². The molecule has 3 nitrogen and oxygen atoms in total. The first-order valence-electron chi connectivity index (χ1n) is 6.97. The molecule has 1 fully saturated rings. The number of unbranched alkanes of at least 4 members (excludes halogenated alkanes) is 1. The topological polar surface area (TPSA) is 30.5 Å². The SMILES string of the molecule is CCOc1ccc(OCCCCNC2CC2)cc1. The van der Waals surface area contributed by atoms with Crippen molar-refractivity contribution in [3.05, 3.63) is 24.3 Å². The van der Waals surface area contributed by atoms with Crippen molar-refractivity contribution in [3.8, 4) is 11.5 Å². The third-order valence-electron chi connectivity index (χ3n) is 2.98. The van der Waals surface area contributed by atoms with Crippen LogP contribution in [-0.2, 0) is 0 Å². The van der Waals surface area contributed by atoms with Crippen molar-refractivity contribution < 1.29 is 9.47 Å². The number of rotatable bonds is 9. The smallest absolute Gasteiger partial charge is 0.119 e. The molecule has 0 atom stereocenters. The summed E-state index contributed by atoms with van der Waals surface area (Å²) in [7, 11) is 0. The van der Waals surface area contributed by atoms with Crippen molar-refractivity contribution in [2.75, 3.05) is 19.8 Å². The summed E-state index contributed by atoms with van der Waals surface area (Å²) in [5, 5.41) is 3.50. The largest absolute Gasteiger partial charge is 0.494 e. The molecule has 1 aliphatic rings. The Balaban J connectivity index is 1.54.